The van der Waals surface area contributed by atoms with Crippen LogP contribution in [0.15, 0.2) is 22.8 Å². The highest BCUT2D eigenvalue weighted by Crippen LogP contribution is 2.45. The molecule has 0 aromatic carbocycles. The third-order valence-electron chi connectivity index (χ3n) is 3.91. The van der Waals surface area contributed by atoms with Gasteiger partial charge in [-0.05, 0) is 53.2 Å². The number of nitrogens with zero attached hydrogens (tertiary/aromatic N) is 2. The van der Waals surface area contributed by atoms with Crippen LogP contribution in [0.1, 0.15) is 19.3 Å². The van der Waals surface area contributed by atoms with Gasteiger partial charge in [-0.15, -0.1) is 0 Å². The van der Waals surface area contributed by atoms with Gasteiger partial charge in [-0.3, -0.25) is 0 Å². The van der Waals surface area contributed by atoms with Crippen molar-refractivity contribution in [2.75, 3.05) is 11.5 Å². The molecule has 0 radical (unpaired) electrons. The first-order valence-corrected chi connectivity index (χ1v) is 6.60. The molecule has 3 atom stereocenters. The Labute approximate surface area is 104 Å². The molecular formula is C12H15BrN2O. The zero-order valence-corrected chi connectivity index (χ0v) is 10.6. The van der Waals surface area contributed by atoms with Gasteiger partial charge in [-0.2, -0.15) is 0 Å². The summed E-state index contributed by atoms with van der Waals surface area (Å²) in [6, 6.07) is 4.79. The predicted octanol–water partition coefficient (Wildman–Crippen LogP) is 2.19. The summed E-state index contributed by atoms with van der Waals surface area (Å²) < 4.78 is 1.03. The van der Waals surface area contributed by atoms with E-state index in [2.05, 4.69) is 25.8 Å². The fraction of sp³-hybridized carbons (Fsp3) is 0.583. The molecule has 4 heteroatoms. The Hall–Kier alpha value is -0.610. The van der Waals surface area contributed by atoms with Crippen LogP contribution in [0.25, 0.3) is 0 Å². The van der Waals surface area contributed by atoms with Crippen LogP contribution >= 0.6 is 15.9 Å². The minimum atomic E-state index is 0.240. The maximum absolute atomic E-state index is 9.53. The third kappa shape index (κ3) is 1.47. The lowest BCUT2D eigenvalue weighted by Gasteiger charge is -2.35. The third-order valence-corrected chi connectivity index (χ3v) is 4.53. The van der Waals surface area contributed by atoms with Crippen LogP contribution in [0.2, 0.25) is 0 Å². The summed E-state index contributed by atoms with van der Waals surface area (Å²) in [7, 11) is 0. The molecule has 0 spiro atoms. The highest BCUT2D eigenvalue weighted by Gasteiger charge is 2.46. The Morgan fingerprint density at radius 3 is 3.12 bits per heavy atom. The van der Waals surface area contributed by atoms with Gasteiger partial charge in [0.15, 0.2) is 0 Å². The summed E-state index contributed by atoms with van der Waals surface area (Å²) in [4.78, 5) is 6.76. The molecule has 1 aromatic heterocycles. The largest absolute Gasteiger partial charge is 0.394 e. The molecule has 1 aromatic rings. The first-order chi connectivity index (χ1) is 7.81. The number of anilines is 1. The van der Waals surface area contributed by atoms with Crippen molar-refractivity contribution < 1.29 is 5.11 Å². The minimum absolute atomic E-state index is 0.240. The van der Waals surface area contributed by atoms with Crippen LogP contribution in [0.3, 0.4) is 0 Å². The molecule has 86 valence electrons. The minimum Gasteiger partial charge on any atom is -0.394 e. The number of rotatable bonds is 2. The van der Waals surface area contributed by atoms with Crippen molar-refractivity contribution >= 4 is 21.7 Å². The van der Waals surface area contributed by atoms with Crippen LogP contribution < -0.4 is 4.90 Å². The highest BCUT2D eigenvalue weighted by atomic mass is 79.9. The average molecular weight is 283 g/mol. The van der Waals surface area contributed by atoms with Gasteiger partial charge in [0.05, 0.1) is 17.1 Å². The topological polar surface area (TPSA) is 36.4 Å². The first-order valence-electron chi connectivity index (χ1n) is 5.81. The molecule has 16 heavy (non-hydrogen) atoms. The molecule has 3 unspecified atom stereocenters. The van der Waals surface area contributed by atoms with E-state index < -0.39 is 0 Å². The number of aromatic nitrogens is 1. The maximum Gasteiger partial charge on any atom is 0.143 e. The number of fused-ring (bicyclic) bond motifs is 2. The van der Waals surface area contributed by atoms with E-state index in [1.165, 1.54) is 19.3 Å². The summed E-state index contributed by atoms with van der Waals surface area (Å²) in [5.41, 5.74) is 0. The van der Waals surface area contributed by atoms with Gasteiger partial charge in [-0.25, -0.2) is 4.98 Å². The number of aliphatic hydroxyl groups is 1. The molecule has 1 N–H and O–H groups in total. The second-order valence-electron chi connectivity index (χ2n) is 4.69. The lowest BCUT2D eigenvalue weighted by Crippen LogP contribution is -2.43. The fourth-order valence-corrected chi connectivity index (χ4v) is 3.69. The van der Waals surface area contributed by atoms with E-state index >= 15 is 0 Å². The standard InChI is InChI=1S/C12H15BrN2O/c13-10-2-1-5-14-12(10)15-9-4-3-8(6-9)11(15)7-16/h1-2,5,8-9,11,16H,3-4,6-7H2. The van der Waals surface area contributed by atoms with E-state index in [0.717, 1.165) is 10.3 Å². The molecule has 2 aliphatic rings. The van der Waals surface area contributed by atoms with Crippen LogP contribution in [0.4, 0.5) is 5.82 Å². The van der Waals surface area contributed by atoms with Crippen molar-refractivity contribution in [2.24, 2.45) is 5.92 Å². The number of aliphatic hydroxyl groups excluding tert-OH is 1. The van der Waals surface area contributed by atoms with E-state index in [4.69, 9.17) is 0 Å². The predicted molar refractivity (Wildman–Crippen MR) is 66.4 cm³/mol. The second kappa shape index (κ2) is 4.00. The SMILES string of the molecule is OCC1C2CCC(C2)N1c1ncccc1Br. The van der Waals surface area contributed by atoms with E-state index in [1.807, 2.05) is 18.3 Å². The Morgan fingerprint density at radius 2 is 2.38 bits per heavy atom. The van der Waals surface area contributed by atoms with Gasteiger partial charge in [0, 0.05) is 12.2 Å². The monoisotopic (exact) mass is 282 g/mol. The number of pyridine rings is 1. The molecule has 2 heterocycles. The van der Waals surface area contributed by atoms with Gasteiger partial charge >= 0.3 is 0 Å². The van der Waals surface area contributed by atoms with Crippen molar-refractivity contribution in [3.63, 3.8) is 0 Å². The summed E-state index contributed by atoms with van der Waals surface area (Å²) >= 11 is 3.55. The molecule has 2 fully saturated rings. The zero-order valence-electron chi connectivity index (χ0n) is 9.01. The van der Waals surface area contributed by atoms with Gasteiger partial charge < -0.3 is 10.0 Å². The Bertz CT molecular complexity index is 398. The lowest BCUT2D eigenvalue weighted by molar-refractivity contribution is 0.228. The van der Waals surface area contributed by atoms with Crippen molar-refractivity contribution in [1.82, 2.24) is 4.98 Å². The van der Waals surface area contributed by atoms with E-state index in [1.54, 1.807) is 0 Å². The van der Waals surface area contributed by atoms with Gasteiger partial charge in [0.1, 0.15) is 5.82 Å². The summed E-state index contributed by atoms with van der Waals surface area (Å²) in [5.74, 6) is 1.65. The van der Waals surface area contributed by atoms with E-state index in [9.17, 15) is 5.11 Å². The van der Waals surface area contributed by atoms with Gasteiger partial charge in [0.25, 0.3) is 0 Å². The summed E-state index contributed by atoms with van der Waals surface area (Å²) in [6.45, 7) is 0.240. The van der Waals surface area contributed by atoms with E-state index in [-0.39, 0.29) is 12.6 Å². The number of halogens is 1. The smallest absolute Gasteiger partial charge is 0.143 e. The number of hydrogen-bond donors (Lipinski definition) is 1. The number of hydrogen-bond acceptors (Lipinski definition) is 3. The summed E-state index contributed by atoms with van der Waals surface area (Å²) in [6.07, 6.45) is 5.54. The average Bonchev–Trinajstić information content (AvgIpc) is 2.89. The molecule has 3 nitrogen and oxygen atoms in total. The Balaban J connectivity index is 1.97. The van der Waals surface area contributed by atoms with Crippen LogP contribution in [-0.2, 0) is 0 Å². The van der Waals surface area contributed by atoms with Crippen molar-refractivity contribution in [3.8, 4) is 0 Å². The van der Waals surface area contributed by atoms with Gasteiger partial charge in [-0.1, -0.05) is 0 Å². The number of piperidine rings is 1. The van der Waals surface area contributed by atoms with Gasteiger partial charge in [0.2, 0.25) is 0 Å². The van der Waals surface area contributed by atoms with Crippen LogP contribution in [0, 0.1) is 5.92 Å². The fourth-order valence-electron chi connectivity index (χ4n) is 3.23. The first kappa shape index (κ1) is 10.5. The normalized spacial score (nSPS) is 32.4. The molecular weight excluding hydrogens is 268 g/mol. The van der Waals surface area contributed by atoms with E-state index in [0.29, 0.717) is 12.0 Å². The Morgan fingerprint density at radius 1 is 1.50 bits per heavy atom. The lowest BCUT2D eigenvalue weighted by atomic mass is 9.99. The molecule has 1 saturated heterocycles. The maximum atomic E-state index is 9.53. The molecule has 2 bridgehead atoms. The van der Waals surface area contributed by atoms with Crippen molar-refractivity contribution in [1.29, 1.82) is 0 Å². The molecule has 1 aliphatic heterocycles. The zero-order chi connectivity index (χ0) is 11.1. The molecule has 0 amide bonds. The van der Waals surface area contributed by atoms with Crippen molar-refractivity contribution in [3.05, 3.63) is 22.8 Å². The molecule has 1 aliphatic carbocycles. The molecule has 1 saturated carbocycles. The van der Waals surface area contributed by atoms with Crippen LogP contribution in [-0.4, -0.2) is 28.8 Å². The second-order valence-corrected chi connectivity index (χ2v) is 5.55. The quantitative estimate of drug-likeness (QED) is 0.904. The van der Waals surface area contributed by atoms with Crippen molar-refractivity contribution in [2.45, 2.75) is 31.3 Å². The van der Waals surface area contributed by atoms with Crippen LogP contribution in [0.5, 0.6) is 0 Å². The summed E-state index contributed by atoms with van der Waals surface area (Å²) in [5, 5.41) is 9.53. The molecule has 3 rings (SSSR count). The highest BCUT2D eigenvalue weighted by molar-refractivity contribution is 9.10. The Kier molecular flexibility index (Phi) is 2.64.